The summed E-state index contributed by atoms with van der Waals surface area (Å²) in [6.45, 7) is 3.93. The van der Waals surface area contributed by atoms with E-state index in [1.165, 1.54) is 4.68 Å². The van der Waals surface area contributed by atoms with Crippen LogP contribution in [0.2, 0.25) is 5.02 Å². The van der Waals surface area contributed by atoms with Gasteiger partial charge in [-0.2, -0.15) is 5.10 Å². The van der Waals surface area contributed by atoms with Gasteiger partial charge in [-0.15, -0.1) is 6.58 Å². The molecule has 0 saturated heterocycles. The van der Waals surface area contributed by atoms with Gasteiger partial charge < -0.3 is 10.1 Å². The summed E-state index contributed by atoms with van der Waals surface area (Å²) in [6.07, 6.45) is 6.48. The van der Waals surface area contributed by atoms with Gasteiger partial charge in [0.25, 0.3) is 5.56 Å². The Bertz CT molecular complexity index is 515. The predicted molar refractivity (Wildman–Crippen MR) is 75.8 cm³/mol. The van der Waals surface area contributed by atoms with Crippen molar-refractivity contribution in [1.82, 2.24) is 9.78 Å². The van der Waals surface area contributed by atoms with Crippen LogP contribution in [-0.2, 0) is 11.3 Å². The van der Waals surface area contributed by atoms with Crippen LogP contribution in [0.4, 0.5) is 5.69 Å². The fraction of sp³-hybridized carbons (Fsp3) is 0.538. The molecule has 6 heteroatoms. The van der Waals surface area contributed by atoms with Crippen molar-refractivity contribution >= 4 is 17.3 Å². The number of rotatable bonds is 5. The van der Waals surface area contributed by atoms with E-state index in [0.29, 0.717) is 12.2 Å². The molecule has 0 spiro atoms. The summed E-state index contributed by atoms with van der Waals surface area (Å²) < 4.78 is 6.69. The standard InChI is InChI=1S/C13H18ClN3O2/c1-3-7-17-13(18)12(14)10(8-15-17)16-9-5-4-6-11(9)19-2/h3,8-9,11,16H,1,4-7H2,2H3. The predicted octanol–water partition coefficient (Wildman–Crippen LogP) is 2.06. The Kier molecular flexibility index (Phi) is 4.61. The summed E-state index contributed by atoms with van der Waals surface area (Å²) in [5.74, 6) is 0. The molecule has 2 unspecified atom stereocenters. The largest absolute Gasteiger partial charge is 0.379 e. The summed E-state index contributed by atoms with van der Waals surface area (Å²) in [5, 5.41) is 7.49. The van der Waals surface area contributed by atoms with E-state index in [0.717, 1.165) is 19.3 Å². The molecule has 1 saturated carbocycles. The number of allylic oxidation sites excluding steroid dienone is 1. The third kappa shape index (κ3) is 2.98. The maximum atomic E-state index is 12.0. The van der Waals surface area contributed by atoms with Crippen molar-refractivity contribution in [2.45, 2.75) is 38.0 Å². The molecule has 0 amide bonds. The molecular formula is C13H18ClN3O2. The minimum atomic E-state index is -0.307. The second-order valence-electron chi connectivity index (χ2n) is 4.60. The molecule has 1 fully saturated rings. The molecule has 1 aliphatic rings. The highest BCUT2D eigenvalue weighted by Gasteiger charge is 2.27. The summed E-state index contributed by atoms with van der Waals surface area (Å²) >= 11 is 6.09. The quantitative estimate of drug-likeness (QED) is 0.841. The van der Waals surface area contributed by atoms with Crippen LogP contribution in [0.15, 0.2) is 23.6 Å². The van der Waals surface area contributed by atoms with Gasteiger partial charge in [-0.25, -0.2) is 4.68 Å². The molecule has 2 atom stereocenters. The number of hydrogen-bond donors (Lipinski definition) is 1. The number of nitrogens with one attached hydrogen (secondary N) is 1. The lowest BCUT2D eigenvalue weighted by Crippen LogP contribution is -2.31. The summed E-state index contributed by atoms with van der Waals surface area (Å²) in [6, 6.07) is 0.180. The molecule has 104 valence electrons. The van der Waals surface area contributed by atoms with Gasteiger partial charge in [0.2, 0.25) is 0 Å². The van der Waals surface area contributed by atoms with E-state index in [9.17, 15) is 4.79 Å². The van der Waals surface area contributed by atoms with Crippen LogP contribution in [0.3, 0.4) is 0 Å². The van der Waals surface area contributed by atoms with Gasteiger partial charge in [0.05, 0.1) is 30.6 Å². The van der Waals surface area contributed by atoms with Crippen LogP contribution in [0.5, 0.6) is 0 Å². The average Bonchev–Trinajstić information content (AvgIpc) is 2.86. The second kappa shape index (κ2) is 6.21. The maximum absolute atomic E-state index is 12.0. The van der Waals surface area contributed by atoms with Gasteiger partial charge in [-0.1, -0.05) is 17.7 Å². The smallest absolute Gasteiger partial charge is 0.287 e. The SMILES string of the molecule is C=CCn1ncc(NC2CCCC2OC)c(Cl)c1=O. The van der Waals surface area contributed by atoms with Crippen LogP contribution in [0.25, 0.3) is 0 Å². The molecule has 0 bridgehead atoms. The topological polar surface area (TPSA) is 56.1 Å². The summed E-state index contributed by atoms with van der Waals surface area (Å²) in [5.41, 5.74) is 0.263. The zero-order valence-corrected chi connectivity index (χ0v) is 11.7. The van der Waals surface area contributed by atoms with E-state index >= 15 is 0 Å². The lowest BCUT2D eigenvalue weighted by Gasteiger charge is -2.21. The molecule has 5 nitrogen and oxygen atoms in total. The van der Waals surface area contributed by atoms with E-state index in [1.807, 2.05) is 0 Å². The van der Waals surface area contributed by atoms with Crippen molar-refractivity contribution in [3.05, 3.63) is 34.2 Å². The molecular weight excluding hydrogens is 266 g/mol. The van der Waals surface area contributed by atoms with Gasteiger partial charge in [-0.3, -0.25) is 4.79 Å². The van der Waals surface area contributed by atoms with Crippen molar-refractivity contribution in [2.75, 3.05) is 12.4 Å². The first-order chi connectivity index (χ1) is 9.17. The maximum Gasteiger partial charge on any atom is 0.287 e. The number of aromatic nitrogens is 2. The second-order valence-corrected chi connectivity index (χ2v) is 4.98. The lowest BCUT2D eigenvalue weighted by atomic mass is 10.2. The first-order valence-electron chi connectivity index (χ1n) is 6.33. The van der Waals surface area contributed by atoms with Gasteiger partial charge in [0.1, 0.15) is 5.02 Å². The minimum absolute atomic E-state index is 0.159. The first kappa shape index (κ1) is 14.1. The van der Waals surface area contributed by atoms with Crippen molar-refractivity contribution in [1.29, 1.82) is 0 Å². The molecule has 0 aromatic carbocycles. The zero-order chi connectivity index (χ0) is 13.8. The van der Waals surface area contributed by atoms with Crippen molar-refractivity contribution in [3.8, 4) is 0 Å². The Morgan fingerprint density at radius 1 is 1.68 bits per heavy atom. The molecule has 1 aliphatic carbocycles. The van der Waals surface area contributed by atoms with Crippen molar-refractivity contribution in [2.24, 2.45) is 0 Å². The highest BCUT2D eigenvalue weighted by atomic mass is 35.5. The number of ether oxygens (including phenoxy) is 1. The Morgan fingerprint density at radius 2 is 2.47 bits per heavy atom. The Morgan fingerprint density at radius 3 is 3.16 bits per heavy atom. The van der Waals surface area contributed by atoms with Crippen LogP contribution in [0.1, 0.15) is 19.3 Å². The number of hydrogen-bond acceptors (Lipinski definition) is 4. The normalized spacial score (nSPS) is 22.4. The van der Waals surface area contributed by atoms with Gasteiger partial charge in [-0.05, 0) is 19.3 Å². The monoisotopic (exact) mass is 283 g/mol. The van der Waals surface area contributed by atoms with Crippen LogP contribution >= 0.6 is 11.6 Å². The fourth-order valence-electron chi connectivity index (χ4n) is 2.39. The number of methoxy groups -OCH3 is 1. The van der Waals surface area contributed by atoms with E-state index in [1.54, 1.807) is 19.4 Å². The lowest BCUT2D eigenvalue weighted by molar-refractivity contribution is 0.101. The van der Waals surface area contributed by atoms with Gasteiger partial charge in [0.15, 0.2) is 0 Å². The summed E-state index contributed by atoms with van der Waals surface area (Å²) in [4.78, 5) is 12.0. The number of nitrogens with zero attached hydrogens (tertiary/aromatic N) is 2. The van der Waals surface area contributed by atoms with Crippen LogP contribution in [0, 0.1) is 0 Å². The number of anilines is 1. The highest BCUT2D eigenvalue weighted by molar-refractivity contribution is 6.32. The Labute approximate surface area is 117 Å². The summed E-state index contributed by atoms with van der Waals surface area (Å²) in [7, 11) is 1.70. The first-order valence-corrected chi connectivity index (χ1v) is 6.71. The molecule has 1 aromatic heterocycles. The Balaban J connectivity index is 2.19. The Hall–Kier alpha value is -1.33. The van der Waals surface area contributed by atoms with Crippen LogP contribution < -0.4 is 10.9 Å². The third-order valence-electron chi connectivity index (χ3n) is 3.38. The molecule has 0 aliphatic heterocycles. The van der Waals surface area contributed by atoms with E-state index < -0.39 is 0 Å². The molecule has 1 N–H and O–H groups in total. The fourth-order valence-corrected chi connectivity index (χ4v) is 2.59. The molecule has 0 radical (unpaired) electrons. The van der Waals surface area contributed by atoms with Gasteiger partial charge in [0, 0.05) is 7.11 Å². The van der Waals surface area contributed by atoms with Gasteiger partial charge >= 0.3 is 0 Å². The average molecular weight is 284 g/mol. The molecule has 19 heavy (non-hydrogen) atoms. The molecule has 1 aromatic rings. The third-order valence-corrected chi connectivity index (χ3v) is 3.75. The van der Waals surface area contributed by atoms with Crippen molar-refractivity contribution in [3.63, 3.8) is 0 Å². The molecule has 1 heterocycles. The van der Waals surface area contributed by atoms with E-state index in [4.69, 9.17) is 16.3 Å². The zero-order valence-electron chi connectivity index (χ0n) is 10.9. The van der Waals surface area contributed by atoms with Crippen molar-refractivity contribution < 1.29 is 4.74 Å². The highest BCUT2D eigenvalue weighted by Crippen LogP contribution is 2.26. The molecule has 2 rings (SSSR count). The number of halogens is 1. The minimum Gasteiger partial charge on any atom is -0.379 e. The van der Waals surface area contributed by atoms with Crippen LogP contribution in [-0.4, -0.2) is 29.0 Å². The van der Waals surface area contributed by atoms with E-state index in [-0.39, 0.29) is 22.7 Å². The van der Waals surface area contributed by atoms with E-state index in [2.05, 4.69) is 17.0 Å².